The third kappa shape index (κ3) is 3.77. The molecule has 0 unspecified atom stereocenters. The first kappa shape index (κ1) is 16.9. The van der Waals surface area contributed by atoms with Crippen LogP contribution in [0.1, 0.15) is 23.1 Å². The van der Waals surface area contributed by atoms with Crippen LogP contribution in [-0.2, 0) is 11.3 Å². The topological polar surface area (TPSA) is 94.2 Å². The predicted molar refractivity (Wildman–Crippen MR) is 91.9 cm³/mol. The number of fused-ring (bicyclic) bond motifs is 1. The number of hydrogen-bond donors (Lipinski definition) is 1. The second-order valence-electron chi connectivity index (χ2n) is 5.06. The molecule has 1 N–H and O–H groups in total. The molecular weight excluding hydrogens is 346 g/mol. The van der Waals surface area contributed by atoms with Gasteiger partial charge in [-0.15, -0.1) is 0 Å². The highest BCUT2D eigenvalue weighted by molar-refractivity contribution is 6.33. The average molecular weight is 360 g/mol. The molecule has 0 aliphatic rings. The molecule has 1 aromatic carbocycles. The van der Waals surface area contributed by atoms with E-state index < -0.39 is 5.97 Å². The molecule has 25 heavy (non-hydrogen) atoms. The first-order valence-electron chi connectivity index (χ1n) is 7.51. The predicted octanol–water partition coefficient (Wildman–Crippen LogP) is 2.73. The second kappa shape index (κ2) is 7.31. The van der Waals surface area contributed by atoms with Crippen molar-refractivity contribution in [3.05, 3.63) is 63.4 Å². The average Bonchev–Trinajstić information content (AvgIpc) is 2.61. The van der Waals surface area contributed by atoms with Crippen molar-refractivity contribution >= 4 is 28.5 Å². The van der Waals surface area contributed by atoms with Crippen molar-refractivity contribution in [2.24, 2.45) is 0 Å². The molecule has 0 saturated carbocycles. The highest BCUT2D eigenvalue weighted by Crippen LogP contribution is 2.23. The van der Waals surface area contributed by atoms with Crippen molar-refractivity contribution in [3.63, 3.8) is 0 Å². The van der Waals surface area contributed by atoms with E-state index in [9.17, 15) is 9.59 Å². The van der Waals surface area contributed by atoms with Crippen LogP contribution in [-0.4, -0.2) is 27.5 Å². The van der Waals surface area contributed by atoms with Crippen molar-refractivity contribution in [3.8, 4) is 5.75 Å². The number of benzene rings is 1. The number of H-pyrrole nitrogens is 1. The van der Waals surface area contributed by atoms with E-state index in [0.29, 0.717) is 22.5 Å². The summed E-state index contributed by atoms with van der Waals surface area (Å²) < 4.78 is 10.5. The summed E-state index contributed by atoms with van der Waals surface area (Å²) in [6.45, 7) is 1.98. The molecule has 0 bridgehead atoms. The van der Waals surface area contributed by atoms with E-state index in [4.69, 9.17) is 21.1 Å². The number of carbonyl (C=O) groups is 1. The molecule has 7 nitrogen and oxygen atoms in total. The lowest BCUT2D eigenvalue weighted by molar-refractivity contribution is 0.0526. The quantitative estimate of drug-likeness (QED) is 0.704. The summed E-state index contributed by atoms with van der Waals surface area (Å²) in [7, 11) is 0. The molecule has 0 aliphatic heterocycles. The summed E-state index contributed by atoms with van der Waals surface area (Å²) in [5, 5.41) is 0.726. The highest BCUT2D eigenvalue weighted by Gasteiger charge is 2.13. The van der Waals surface area contributed by atoms with Crippen LogP contribution in [0.25, 0.3) is 10.9 Å². The number of rotatable bonds is 5. The van der Waals surface area contributed by atoms with Gasteiger partial charge < -0.3 is 14.5 Å². The monoisotopic (exact) mass is 359 g/mol. The molecule has 0 aliphatic carbocycles. The number of aromatic nitrogens is 3. The van der Waals surface area contributed by atoms with Crippen LogP contribution in [0.4, 0.5) is 0 Å². The van der Waals surface area contributed by atoms with E-state index in [1.165, 1.54) is 18.5 Å². The number of carbonyl (C=O) groups excluding carboxylic acids is 1. The highest BCUT2D eigenvalue weighted by atomic mass is 35.5. The Morgan fingerprint density at radius 3 is 2.96 bits per heavy atom. The number of nitrogens with zero attached hydrogens (tertiary/aromatic N) is 2. The Labute approximate surface area is 147 Å². The second-order valence-corrected chi connectivity index (χ2v) is 5.46. The normalized spacial score (nSPS) is 10.6. The third-order valence-corrected chi connectivity index (χ3v) is 3.70. The van der Waals surface area contributed by atoms with E-state index in [-0.39, 0.29) is 29.4 Å². The van der Waals surface area contributed by atoms with E-state index in [1.807, 2.05) is 0 Å². The van der Waals surface area contributed by atoms with Gasteiger partial charge in [0.15, 0.2) is 0 Å². The number of aromatic amines is 1. The van der Waals surface area contributed by atoms with Crippen LogP contribution in [0.15, 0.2) is 41.5 Å². The van der Waals surface area contributed by atoms with Gasteiger partial charge in [-0.2, -0.15) is 0 Å². The van der Waals surface area contributed by atoms with Gasteiger partial charge in [-0.1, -0.05) is 11.6 Å². The van der Waals surface area contributed by atoms with Crippen LogP contribution in [0.3, 0.4) is 0 Å². The zero-order valence-corrected chi connectivity index (χ0v) is 14.0. The molecule has 0 fully saturated rings. The van der Waals surface area contributed by atoms with Gasteiger partial charge in [0.2, 0.25) is 0 Å². The molecule has 0 spiro atoms. The van der Waals surface area contributed by atoms with Gasteiger partial charge in [-0.05, 0) is 31.2 Å². The molecule has 2 aromatic heterocycles. The number of nitrogens with one attached hydrogen (secondary N) is 1. The van der Waals surface area contributed by atoms with Gasteiger partial charge in [0.1, 0.15) is 18.2 Å². The molecule has 128 valence electrons. The molecule has 3 rings (SSSR count). The van der Waals surface area contributed by atoms with Crippen molar-refractivity contribution in [2.75, 3.05) is 6.61 Å². The van der Waals surface area contributed by atoms with Crippen molar-refractivity contribution < 1.29 is 14.3 Å². The van der Waals surface area contributed by atoms with Crippen molar-refractivity contribution in [1.29, 1.82) is 0 Å². The summed E-state index contributed by atoms with van der Waals surface area (Å²) in [5.74, 6) is 0.223. The fourth-order valence-corrected chi connectivity index (χ4v) is 2.41. The molecule has 8 heteroatoms. The summed E-state index contributed by atoms with van der Waals surface area (Å²) in [6.07, 6.45) is 3.04. The standard InChI is InChI=1S/C17H14ClN3O4/c1-2-24-17(23)12-7-10(3-4-13(12)18)25-9-15-20-14-8-19-6-5-11(14)16(22)21-15/h3-8H,2,9H2,1H3,(H,20,21,22). The fraction of sp³-hybridized carbons (Fsp3) is 0.176. The number of halogens is 1. The Kier molecular flexibility index (Phi) is 4.95. The van der Waals surface area contributed by atoms with Crippen LogP contribution in [0.5, 0.6) is 5.75 Å². The number of ether oxygens (including phenoxy) is 2. The summed E-state index contributed by atoms with van der Waals surface area (Å²) in [4.78, 5) is 34.8. The zero-order valence-electron chi connectivity index (χ0n) is 13.3. The minimum Gasteiger partial charge on any atom is -0.486 e. The van der Waals surface area contributed by atoms with Gasteiger partial charge in [-0.25, -0.2) is 9.78 Å². The Balaban J connectivity index is 1.81. The third-order valence-electron chi connectivity index (χ3n) is 3.37. The van der Waals surface area contributed by atoms with Gasteiger partial charge in [0.05, 0.1) is 34.3 Å². The molecule has 0 atom stereocenters. The lowest BCUT2D eigenvalue weighted by Gasteiger charge is -2.09. The molecular formula is C17H14ClN3O4. The maximum Gasteiger partial charge on any atom is 0.339 e. The maximum absolute atomic E-state index is 12.0. The number of hydrogen-bond acceptors (Lipinski definition) is 6. The van der Waals surface area contributed by atoms with E-state index in [2.05, 4.69) is 15.0 Å². The molecule has 2 heterocycles. The Hall–Kier alpha value is -2.93. The van der Waals surface area contributed by atoms with E-state index in [1.54, 1.807) is 25.1 Å². The fourth-order valence-electron chi connectivity index (χ4n) is 2.22. The van der Waals surface area contributed by atoms with Gasteiger partial charge in [-0.3, -0.25) is 9.78 Å². The van der Waals surface area contributed by atoms with E-state index >= 15 is 0 Å². The summed E-state index contributed by atoms with van der Waals surface area (Å²) in [5.41, 5.74) is 0.424. The smallest absolute Gasteiger partial charge is 0.339 e. The first-order chi connectivity index (χ1) is 12.1. The lowest BCUT2D eigenvalue weighted by atomic mass is 10.2. The van der Waals surface area contributed by atoms with Crippen LogP contribution < -0.4 is 10.3 Å². The van der Waals surface area contributed by atoms with Crippen molar-refractivity contribution in [1.82, 2.24) is 15.0 Å². The minimum atomic E-state index is -0.527. The number of pyridine rings is 1. The zero-order chi connectivity index (χ0) is 17.8. The lowest BCUT2D eigenvalue weighted by Crippen LogP contribution is -2.14. The molecule has 3 aromatic rings. The molecule has 0 radical (unpaired) electrons. The molecule has 0 amide bonds. The minimum absolute atomic E-state index is 0.0178. The number of esters is 1. The maximum atomic E-state index is 12.0. The van der Waals surface area contributed by atoms with Crippen molar-refractivity contribution in [2.45, 2.75) is 13.5 Å². The van der Waals surface area contributed by atoms with Gasteiger partial charge >= 0.3 is 5.97 Å². The van der Waals surface area contributed by atoms with Gasteiger partial charge in [0, 0.05) is 6.20 Å². The Morgan fingerprint density at radius 2 is 2.16 bits per heavy atom. The Morgan fingerprint density at radius 1 is 1.32 bits per heavy atom. The van der Waals surface area contributed by atoms with Crippen LogP contribution >= 0.6 is 11.6 Å². The molecule has 0 saturated heterocycles. The van der Waals surface area contributed by atoms with Gasteiger partial charge in [0.25, 0.3) is 5.56 Å². The summed E-state index contributed by atoms with van der Waals surface area (Å²) >= 11 is 6.01. The van der Waals surface area contributed by atoms with Crippen LogP contribution in [0, 0.1) is 0 Å². The van der Waals surface area contributed by atoms with Crippen LogP contribution in [0.2, 0.25) is 5.02 Å². The largest absolute Gasteiger partial charge is 0.486 e. The van der Waals surface area contributed by atoms with E-state index in [0.717, 1.165) is 0 Å². The first-order valence-corrected chi connectivity index (χ1v) is 7.88. The SMILES string of the molecule is CCOC(=O)c1cc(OCc2nc3cnccc3c(=O)[nH]2)ccc1Cl. The summed E-state index contributed by atoms with van der Waals surface area (Å²) in [6, 6.07) is 6.24. The Bertz CT molecular complexity index is 987.